The summed E-state index contributed by atoms with van der Waals surface area (Å²) in [5.41, 5.74) is 0.101. The topological polar surface area (TPSA) is 0 Å². The average Bonchev–Trinajstić information content (AvgIpc) is 1.98. The Balaban J connectivity index is 0.000000396. The number of halogens is 2. The number of alkyl halides is 2. The minimum atomic E-state index is -2.31. The largest absolute Gasteiger partial charge is 0.249 e. The second kappa shape index (κ2) is 3.55. The fraction of sp³-hybridized carbons (Fsp3) is 1.00. The second-order valence-electron chi connectivity index (χ2n) is 4.39. The Kier molecular flexibility index (Phi) is 2.98. The third kappa shape index (κ3) is 2.03. The maximum atomic E-state index is 12.5. The zero-order chi connectivity index (χ0) is 10.1. The number of rotatable bonds is 1. The van der Waals surface area contributed by atoms with Crippen molar-refractivity contribution in [2.45, 2.75) is 58.8 Å². The molecule has 2 aliphatic carbocycles. The molecule has 0 aromatic carbocycles. The first-order valence-electron chi connectivity index (χ1n) is 5.43. The molecule has 2 fully saturated rings. The SMILES string of the molecule is CC.CCC1CC2(C1)CC(F)(F)C2. The summed E-state index contributed by atoms with van der Waals surface area (Å²) in [6, 6.07) is 0. The van der Waals surface area contributed by atoms with Crippen LogP contribution in [0.3, 0.4) is 0 Å². The molecule has 2 heteroatoms. The normalized spacial score (nSPS) is 28.4. The van der Waals surface area contributed by atoms with E-state index in [2.05, 4.69) is 6.92 Å². The highest BCUT2D eigenvalue weighted by Gasteiger charge is 2.61. The van der Waals surface area contributed by atoms with Gasteiger partial charge in [0.25, 0.3) is 0 Å². The van der Waals surface area contributed by atoms with Crippen molar-refractivity contribution in [2.75, 3.05) is 0 Å². The second-order valence-corrected chi connectivity index (χ2v) is 4.39. The van der Waals surface area contributed by atoms with Gasteiger partial charge in [-0.3, -0.25) is 0 Å². The van der Waals surface area contributed by atoms with Crippen LogP contribution in [-0.2, 0) is 0 Å². The Hall–Kier alpha value is -0.140. The molecule has 0 radical (unpaired) electrons. The van der Waals surface area contributed by atoms with Crippen LogP contribution in [0.25, 0.3) is 0 Å². The van der Waals surface area contributed by atoms with Gasteiger partial charge in [0.2, 0.25) is 5.92 Å². The smallest absolute Gasteiger partial charge is 0.207 e. The van der Waals surface area contributed by atoms with E-state index in [-0.39, 0.29) is 18.3 Å². The molecular formula is C11H20F2. The molecule has 0 amide bonds. The molecule has 0 saturated heterocycles. The Bertz CT molecular complexity index is 159. The average molecular weight is 190 g/mol. The molecule has 2 rings (SSSR count). The summed E-state index contributed by atoms with van der Waals surface area (Å²) >= 11 is 0. The van der Waals surface area contributed by atoms with E-state index in [0.717, 1.165) is 18.8 Å². The Morgan fingerprint density at radius 1 is 1.15 bits per heavy atom. The van der Waals surface area contributed by atoms with Gasteiger partial charge in [0.1, 0.15) is 0 Å². The van der Waals surface area contributed by atoms with E-state index >= 15 is 0 Å². The molecule has 0 N–H and O–H groups in total. The minimum Gasteiger partial charge on any atom is -0.207 e. The summed E-state index contributed by atoms with van der Waals surface area (Å²) in [6.07, 6.45) is 3.67. The van der Waals surface area contributed by atoms with Crippen LogP contribution in [0.15, 0.2) is 0 Å². The van der Waals surface area contributed by atoms with E-state index in [9.17, 15) is 8.78 Å². The van der Waals surface area contributed by atoms with Crippen molar-refractivity contribution in [1.82, 2.24) is 0 Å². The number of hydrogen-bond acceptors (Lipinski definition) is 0. The summed E-state index contributed by atoms with van der Waals surface area (Å²) in [5, 5.41) is 0. The zero-order valence-corrected chi connectivity index (χ0v) is 8.87. The lowest BCUT2D eigenvalue weighted by Gasteiger charge is -2.57. The van der Waals surface area contributed by atoms with E-state index in [0.29, 0.717) is 0 Å². The summed E-state index contributed by atoms with van der Waals surface area (Å²) in [5.74, 6) is -1.55. The predicted octanol–water partition coefficient (Wildman–Crippen LogP) is 4.25. The van der Waals surface area contributed by atoms with Crippen LogP contribution in [-0.4, -0.2) is 5.92 Å². The van der Waals surface area contributed by atoms with Crippen molar-refractivity contribution >= 4 is 0 Å². The standard InChI is InChI=1S/C9H14F2.C2H6/c1-2-7-3-8(4-7)5-9(10,11)6-8;1-2/h7H,2-6H2,1H3;1-2H3. The number of hydrogen-bond donors (Lipinski definition) is 0. The first-order chi connectivity index (χ1) is 6.05. The van der Waals surface area contributed by atoms with Gasteiger partial charge >= 0.3 is 0 Å². The van der Waals surface area contributed by atoms with Crippen molar-refractivity contribution < 1.29 is 8.78 Å². The monoisotopic (exact) mass is 190 g/mol. The predicted molar refractivity (Wildman–Crippen MR) is 51.0 cm³/mol. The first kappa shape index (κ1) is 10.9. The van der Waals surface area contributed by atoms with Crippen LogP contribution < -0.4 is 0 Å². The molecular weight excluding hydrogens is 170 g/mol. The van der Waals surface area contributed by atoms with Crippen LogP contribution in [0.2, 0.25) is 0 Å². The molecule has 0 atom stereocenters. The molecule has 0 bridgehead atoms. The van der Waals surface area contributed by atoms with Crippen LogP contribution in [0.4, 0.5) is 8.78 Å². The van der Waals surface area contributed by atoms with E-state index in [1.807, 2.05) is 13.8 Å². The van der Waals surface area contributed by atoms with E-state index in [4.69, 9.17) is 0 Å². The molecule has 0 aromatic heterocycles. The van der Waals surface area contributed by atoms with Crippen molar-refractivity contribution in [3.8, 4) is 0 Å². The summed E-state index contributed by atoms with van der Waals surface area (Å²) < 4.78 is 25.0. The third-order valence-electron chi connectivity index (χ3n) is 3.29. The van der Waals surface area contributed by atoms with E-state index in [1.54, 1.807) is 0 Å². The molecule has 0 aliphatic heterocycles. The molecule has 0 aromatic rings. The lowest BCUT2D eigenvalue weighted by Crippen LogP contribution is -2.53. The molecule has 13 heavy (non-hydrogen) atoms. The zero-order valence-electron chi connectivity index (χ0n) is 8.87. The van der Waals surface area contributed by atoms with Gasteiger partial charge in [-0.15, -0.1) is 0 Å². The Morgan fingerprint density at radius 2 is 1.62 bits per heavy atom. The molecule has 78 valence electrons. The maximum absolute atomic E-state index is 12.5. The minimum absolute atomic E-state index is 0.101. The molecule has 0 unspecified atom stereocenters. The molecule has 1 spiro atoms. The van der Waals surface area contributed by atoms with Crippen molar-refractivity contribution in [3.05, 3.63) is 0 Å². The summed E-state index contributed by atoms with van der Waals surface area (Å²) in [4.78, 5) is 0. The highest BCUT2D eigenvalue weighted by Crippen LogP contribution is 2.64. The van der Waals surface area contributed by atoms with Crippen molar-refractivity contribution in [1.29, 1.82) is 0 Å². The first-order valence-corrected chi connectivity index (χ1v) is 5.43. The van der Waals surface area contributed by atoms with Crippen molar-refractivity contribution in [3.63, 3.8) is 0 Å². The highest BCUT2D eigenvalue weighted by atomic mass is 19.3. The molecule has 2 aliphatic rings. The van der Waals surface area contributed by atoms with Crippen LogP contribution in [0.1, 0.15) is 52.9 Å². The van der Waals surface area contributed by atoms with Gasteiger partial charge in [-0.1, -0.05) is 27.2 Å². The maximum Gasteiger partial charge on any atom is 0.249 e. The van der Waals surface area contributed by atoms with Gasteiger partial charge in [0, 0.05) is 12.8 Å². The fourth-order valence-electron chi connectivity index (χ4n) is 2.79. The van der Waals surface area contributed by atoms with Crippen LogP contribution in [0.5, 0.6) is 0 Å². The van der Waals surface area contributed by atoms with Gasteiger partial charge < -0.3 is 0 Å². The Morgan fingerprint density at radius 3 is 1.92 bits per heavy atom. The summed E-state index contributed by atoms with van der Waals surface area (Å²) in [6.45, 7) is 6.15. The van der Waals surface area contributed by atoms with Gasteiger partial charge in [-0.25, -0.2) is 8.78 Å². The van der Waals surface area contributed by atoms with E-state index in [1.165, 1.54) is 6.42 Å². The van der Waals surface area contributed by atoms with E-state index < -0.39 is 5.92 Å². The highest BCUT2D eigenvalue weighted by molar-refractivity contribution is 5.06. The van der Waals surface area contributed by atoms with Crippen molar-refractivity contribution in [2.24, 2.45) is 11.3 Å². The van der Waals surface area contributed by atoms with Crippen LogP contribution in [0, 0.1) is 11.3 Å². The van der Waals surface area contributed by atoms with Gasteiger partial charge in [-0.2, -0.15) is 0 Å². The fourth-order valence-corrected chi connectivity index (χ4v) is 2.79. The molecule has 0 heterocycles. The van der Waals surface area contributed by atoms with Gasteiger partial charge in [-0.05, 0) is 24.2 Å². The third-order valence-corrected chi connectivity index (χ3v) is 3.29. The van der Waals surface area contributed by atoms with Crippen LogP contribution >= 0.6 is 0 Å². The summed E-state index contributed by atoms with van der Waals surface area (Å²) in [7, 11) is 0. The molecule has 0 nitrogen and oxygen atoms in total. The lowest BCUT2D eigenvalue weighted by atomic mass is 9.50. The molecule has 2 saturated carbocycles. The quantitative estimate of drug-likeness (QED) is 0.580. The van der Waals surface area contributed by atoms with Gasteiger partial charge in [0.15, 0.2) is 0 Å². The Labute approximate surface area is 79.7 Å². The van der Waals surface area contributed by atoms with Gasteiger partial charge in [0.05, 0.1) is 0 Å². The lowest BCUT2D eigenvalue weighted by molar-refractivity contribution is -0.206.